The molecule has 0 aliphatic carbocycles. The van der Waals surface area contributed by atoms with Crippen molar-refractivity contribution in [2.75, 3.05) is 6.26 Å². The zero-order chi connectivity index (χ0) is 13.2. The fourth-order valence-corrected chi connectivity index (χ4v) is 1.80. The van der Waals surface area contributed by atoms with Crippen LogP contribution in [0.15, 0.2) is 18.2 Å². The molecule has 17 heavy (non-hydrogen) atoms. The van der Waals surface area contributed by atoms with Gasteiger partial charge in [0.15, 0.2) is 15.6 Å². The molecule has 0 aromatic heterocycles. The molecule has 0 amide bonds. The van der Waals surface area contributed by atoms with Crippen LogP contribution in [-0.4, -0.2) is 25.7 Å². The molecular weight excluding hydrogens is 250 g/mol. The lowest BCUT2D eigenvalue weighted by molar-refractivity contribution is -0.117. The number of hydrogen-bond acceptors (Lipinski definition) is 3. The first-order chi connectivity index (χ1) is 7.71. The molecule has 1 aromatic rings. The average Bonchev–Trinajstić information content (AvgIpc) is 2.19. The Hall–Kier alpha value is -1.30. The highest BCUT2D eigenvalue weighted by Gasteiger charge is 2.24. The number of Topliss-reactive ketones (excluding diaryl/α,β-unsaturated/α-hetero) is 1. The summed E-state index contributed by atoms with van der Waals surface area (Å²) in [5.41, 5.74) is -0.00750. The second-order valence-electron chi connectivity index (χ2n) is 3.85. The highest BCUT2D eigenvalue weighted by Crippen LogP contribution is 2.12. The van der Waals surface area contributed by atoms with Crippen LogP contribution < -0.4 is 0 Å². The molecule has 1 rings (SSSR count). The quantitative estimate of drug-likeness (QED) is 0.826. The van der Waals surface area contributed by atoms with Crippen LogP contribution >= 0.6 is 0 Å². The summed E-state index contributed by atoms with van der Waals surface area (Å²) in [6, 6.07) is 2.82. The van der Waals surface area contributed by atoms with E-state index in [9.17, 15) is 22.0 Å². The van der Waals surface area contributed by atoms with Crippen LogP contribution in [-0.2, 0) is 21.1 Å². The maximum atomic E-state index is 13.2. The van der Waals surface area contributed by atoms with Crippen molar-refractivity contribution in [3.8, 4) is 0 Å². The van der Waals surface area contributed by atoms with Crippen LogP contribution in [0, 0.1) is 11.6 Å². The molecule has 3 nitrogen and oxygen atoms in total. The lowest BCUT2D eigenvalue weighted by atomic mass is 10.1. The molecule has 1 atom stereocenters. The summed E-state index contributed by atoms with van der Waals surface area (Å²) < 4.78 is 48.1. The third-order valence-corrected chi connectivity index (χ3v) is 4.02. The molecule has 0 aliphatic heterocycles. The van der Waals surface area contributed by atoms with Crippen molar-refractivity contribution in [3.63, 3.8) is 0 Å². The van der Waals surface area contributed by atoms with E-state index < -0.39 is 32.5 Å². The van der Waals surface area contributed by atoms with E-state index in [0.29, 0.717) is 6.07 Å². The summed E-state index contributed by atoms with van der Waals surface area (Å²) in [7, 11) is -3.49. The van der Waals surface area contributed by atoms with Crippen molar-refractivity contribution < 1.29 is 22.0 Å². The van der Waals surface area contributed by atoms with Gasteiger partial charge in [-0.3, -0.25) is 4.79 Å². The fourth-order valence-electron chi connectivity index (χ4n) is 1.24. The molecule has 0 bridgehead atoms. The molecule has 0 N–H and O–H groups in total. The third-order valence-electron chi connectivity index (χ3n) is 2.48. The zero-order valence-corrected chi connectivity index (χ0v) is 10.2. The van der Waals surface area contributed by atoms with E-state index in [1.807, 2.05) is 0 Å². The second-order valence-corrected chi connectivity index (χ2v) is 6.22. The van der Waals surface area contributed by atoms with Gasteiger partial charge in [-0.25, -0.2) is 17.2 Å². The SMILES string of the molecule is CC(C(=O)Cc1ccc(F)cc1F)S(C)(=O)=O. The fraction of sp³-hybridized carbons (Fsp3) is 0.364. The van der Waals surface area contributed by atoms with E-state index in [1.165, 1.54) is 6.92 Å². The van der Waals surface area contributed by atoms with Gasteiger partial charge in [0.05, 0.1) is 0 Å². The molecule has 0 saturated heterocycles. The minimum Gasteiger partial charge on any atom is -0.298 e. The first kappa shape index (κ1) is 13.8. The van der Waals surface area contributed by atoms with Gasteiger partial charge in [-0.15, -0.1) is 0 Å². The minimum atomic E-state index is -3.49. The van der Waals surface area contributed by atoms with Crippen molar-refractivity contribution in [1.29, 1.82) is 0 Å². The van der Waals surface area contributed by atoms with E-state index in [-0.39, 0.29) is 12.0 Å². The van der Waals surface area contributed by atoms with E-state index >= 15 is 0 Å². The van der Waals surface area contributed by atoms with Gasteiger partial charge >= 0.3 is 0 Å². The summed E-state index contributed by atoms with van der Waals surface area (Å²) in [4.78, 5) is 11.6. The maximum Gasteiger partial charge on any atom is 0.157 e. The van der Waals surface area contributed by atoms with E-state index in [1.54, 1.807) is 0 Å². The summed E-state index contributed by atoms with van der Waals surface area (Å²) >= 11 is 0. The number of carbonyl (C=O) groups is 1. The number of rotatable bonds is 4. The molecule has 1 unspecified atom stereocenters. The van der Waals surface area contributed by atoms with Crippen molar-refractivity contribution >= 4 is 15.6 Å². The second kappa shape index (κ2) is 4.91. The van der Waals surface area contributed by atoms with Gasteiger partial charge in [0.2, 0.25) is 0 Å². The molecule has 0 spiro atoms. The van der Waals surface area contributed by atoms with Crippen LogP contribution in [0.4, 0.5) is 8.78 Å². The van der Waals surface area contributed by atoms with Crippen molar-refractivity contribution in [3.05, 3.63) is 35.4 Å². The predicted octanol–water partition coefficient (Wildman–Crippen LogP) is 1.51. The van der Waals surface area contributed by atoms with Gasteiger partial charge < -0.3 is 0 Å². The number of sulfone groups is 1. The molecule has 94 valence electrons. The summed E-state index contributed by atoms with van der Waals surface area (Å²) in [5, 5.41) is -1.19. The van der Waals surface area contributed by atoms with Gasteiger partial charge in [0.25, 0.3) is 0 Å². The molecule has 6 heteroatoms. The zero-order valence-electron chi connectivity index (χ0n) is 9.41. The Balaban J connectivity index is 2.89. The molecule has 0 fully saturated rings. The summed E-state index contributed by atoms with van der Waals surface area (Å²) in [6.45, 7) is 1.25. The standard InChI is InChI=1S/C11H12F2O3S/c1-7(17(2,15)16)11(14)5-8-3-4-9(12)6-10(8)13/h3-4,6-7H,5H2,1-2H3. The Bertz CT molecular complexity index is 538. The minimum absolute atomic E-state index is 0.00750. The number of carbonyl (C=O) groups excluding carboxylic acids is 1. The first-order valence-corrected chi connectivity index (χ1v) is 6.83. The van der Waals surface area contributed by atoms with E-state index in [0.717, 1.165) is 18.4 Å². The van der Waals surface area contributed by atoms with Crippen LogP contribution in [0.25, 0.3) is 0 Å². The molecule has 0 radical (unpaired) electrons. The van der Waals surface area contributed by atoms with Gasteiger partial charge in [-0.2, -0.15) is 0 Å². The molecule has 0 heterocycles. The van der Waals surface area contributed by atoms with E-state index in [2.05, 4.69) is 0 Å². The topological polar surface area (TPSA) is 51.2 Å². The molecule has 1 aromatic carbocycles. The largest absolute Gasteiger partial charge is 0.298 e. The highest BCUT2D eigenvalue weighted by molar-refractivity contribution is 7.92. The maximum absolute atomic E-state index is 13.2. The smallest absolute Gasteiger partial charge is 0.157 e. The molecule has 0 saturated carbocycles. The molecular formula is C11H12F2O3S. The first-order valence-electron chi connectivity index (χ1n) is 4.87. The van der Waals surface area contributed by atoms with E-state index in [4.69, 9.17) is 0 Å². The third kappa shape index (κ3) is 3.59. The Morgan fingerprint density at radius 1 is 1.35 bits per heavy atom. The predicted molar refractivity (Wildman–Crippen MR) is 59.4 cm³/mol. The summed E-state index contributed by atoms with van der Waals surface area (Å²) in [5.74, 6) is -2.20. The number of benzene rings is 1. The monoisotopic (exact) mass is 262 g/mol. The number of hydrogen-bond donors (Lipinski definition) is 0. The Kier molecular flexibility index (Phi) is 3.98. The lowest BCUT2D eigenvalue weighted by Gasteiger charge is -2.08. The Morgan fingerprint density at radius 2 is 1.94 bits per heavy atom. The lowest BCUT2D eigenvalue weighted by Crippen LogP contribution is -2.27. The summed E-state index contributed by atoms with van der Waals surface area (Å²) in [6.07, 6.45) is 0.580. The van der Waals surface area contributed by atoms with Crippen molar-refractivity contribution in [1.82, 2.24) is 0 Å². The normalized spacial score (nSPS) is 13.4. The van der Waals surface area contributed by atoms with Gasteiger partial charge in [0.1, 0.15) is 16.9 Å². The van der Waals surface area contributed by atoms with Crippen LogP contribution in [0.1, 0.15) is 12.5 Å². The Labute approximate surface area is 98.4 Å². The van der Waals surface area contributed by atoms with Crippen LogP contribution in [0.3, 0.4) is 0 Å². The number of halogens is 2. The van der Waals surface area contributed by atoms with Gasteiger partial charge in [-0.05, 0) is 18.6 Å². The van der Waals surface area contributed by atoms with Gasteiger partial charge in [-0.1, -0.05) is 6.07 Å². The van der Waals surface area contributed by atoms with Crippen molar-refractivity contribution in [2.45, 2.75) is 18.6 Å². The average molecular weight is 262 g/mol. The van der Waals surface area contributed by atoms with Gasteiger partial charge in [0, 0.05) is 18.7 Å². The Morgan fingerprint density at radius 3 is 2.41 bits per heavy atom. The van der Waals surface area contributed by atoms with Crippen molar-refractivity contribution in [2.24, 2.45) is 0 Å². The molecule has 0 aliphatic rings. The van der Waals surface area contributed by atoms with Crippen LogP contribution in [0.2, 0.25) is 0 Å². The van der Waals surface area contributed by atoms with Crippen LogP contribution in [0.5, 0.6) is 0 Å². The highest BCUT2D eigenvalue weighted by atomic mass is 32.2. The number of ketones is 1.